The molecule has 0 spiro atoms. The molecule has 1 saturated carbocycles. The van der Waals surface area contributed by atoms with E-state index in [2.05, 4.69) is 0 Å². The summed E-state index contributed by atoms with van der Waals surface area (Å²) in [5, 5.41) is 9.42. The Morgan fingerprint density at radius 3 is 2.62 bits per heavy atom. The van der Waals surface area contributed by atoms with Crippen LogP contribution in [0.15, 0.2) is 0 Å². The average Bonchev–Trinajstić information content (AvgIpc) is 2.83. The molecule has 2 atom stereocenters. The van der Waals surface area contributed by atoms with Gasteiger partial charge in [-0.2, -0.15) is 13.2 Å². The number of rotatable bonds is 4. The molecule has 0 aromatic heterocycles. The van der Waals surface area contributed by atoms with Crippen molar-refractivity contribution in [2.75, 3.05) is 33.2 Å². The van der Waals surface area contributed by atoms with Crippen LogP contribution in [0, 0.1) is 11.3 Å². The number of aliphatic carboxylic acids is 1. The SMILES string of the molecule is CN(CC(F)(F)F)C(=O)CN1C[C@@H]2CCC[C@@]2(C(=O)O)C1. The molecule has 0 aromatic carbocycles. The second-order valence-corrected chi connectivity index (χ2v) is 6.09. The maximum Gasteiger partial charge on any atom is 0.406 e. The topological polar surface area (TPSA) is 60.9 Å². The Labute approximate surface area is 120 Å². The highest BCUT2D eigenvalue weighted by atomic mass is 19.4. The minimum absolute atomic E-state index is 0.00396. The minimum atomic E-state index is -4.42. The summed E-state index contributed by atoms with van der Waals surface area (Å²) in [5.74, 6) is -1.49. The summed E-state index contributed by atoms with van der Waals surface area (Å²) in [6.07, 6.45) is -2.19. The number of alkyl halides is 3. The van der Waals surface area contributed by atoms with E-state index in [9.17, 15) is 27.9 Å². The van der Waals surface area contributed by atoms with Crippen LogP contribution in [-0.2, 0) is 9.59 Å². The van der Waals surface area contributed by atoms with Gasteiger partial charge in [-0.15, -0.1) is 0 Å². The highest BCUT2D eigenvalue weighted by Crippen LogP contribution is 2.48. The molecule has 5 nitrogen and oxygen atoms in total. The van der Waals surface area contributed by atoms with Crippen LogP contribution in [0.4, 0.5) is 13.2 Å². The first-order valence-electron chi connectivity index (χ1n) is 6.90. The van der Waals surface area contributed by atoms with Gasteiger partial charge in [-0.1, -0.05) is 6.42 Å². The summed E-state index contributed by atoms with van der Waals surface area (Å²) in [4.78, 5) is 25.6. The number of hydrogen-bond acceptors (Lipinski definition) is 3. The summed E-state index contributed by atoms with van der Waals surface area (Å²) < 4.78 is 36.7. The number of carboxylic acid groups (broad SMARTS) is 1. The number of nitrogens with zero attached hydrogens (tertiary/aromatic N) is 2. The highest BCUT2D eigenvalue weighted by molar-refractivity contribution is 5.79. The van der Waals surface area contributed by atoms with E-state index in [1.807, 2.05) is 0 Å². The molecule has 0 aromatic rings. The van der Waals surface area contributed by atoms with Crippen molar-refractivity contribution < 1.29 is 27.9 Å². The summed E-state index contributed by atoms with van der Waals surface area (Å²) in [5.41, 5.74) is -0.817. The lowest BCUT2D eigenvalue weighted by molar-refractivity contribution is -0.159. The van der Waals surface area contributed by atoms with E-state index in [0.717, 1.165) is 19.9 Å². The summed E-state index contributed by atoms with van der Waals surface area (Å²) in [6, 6.07) is 0. The van der Waals surface area contributed by atoms with Crippen LogP contribution >= 0.6 is 0 Å². The maximum absolute atomic E-state index is 12.2. The van der Waals surface area contributed by atoms with Gasteiger partial charge < -0.3 is 10.0 Å². The van der Waals surface area contributed by atoms with E-state index >= 15 is 0 Å². The Morgan fingerprint density at radius 1 is 1.43 bits per heavy atom. The van der Waals surface area contributed by atoms with Gasteiger partial charge in [0, 0.05) is 20.1 Å². The fourth-order valence-electron chi connectivity index (χ4n) is 3.53. The van der Waals surface area contributed by atoms with Crippen molar-refractivity contribution >= 4 is 11.9 Å². The lowest BCUT2D eigenvalue weighted by Gasteiger charge is -2.25. The number of likely N-dealkylation sites (N-methyl/N-ethyl adjacent to an activating group) is 1. The van der Waals surface area contributed by atoms with Crippen molar-refractivity contribution in [3.8, 4) is 0 Å². The Kier molecular flexibility index (Phi) is 4.19. The molecule has 1 saturated heterocycles. The maximum atomic E-state index is 12.2. The van der Waals surface area contributed by atoms with Gasteiger partial charge >= 0.3 is 12.1 Å². The van der Waals surface area contributed by atoms with E-state index in [1.165, 1.54) is 0 Å². The van der Waals surface area contributed by atoms with E-state index in [0.29, 0.717) is 17.9 Å². The van der Waals surface area contributed by atoms with E-state index in [-0.39, 0.29) is 19.0 Å². The number of carbonyl (C=O) groups is 2. The summed E-state index contributed by atoms with van der Waals surface area (Å²) in [7, 11) is 1.11. The Balaban J connectivity index is 1.94. The molecule has 1 aliphatic heterocycles. The van der Waals surface area contributed by atoms with Gasteiger partial charge in [0.2, 0.25) is 5.91 Å². The normalized spacial score (nSPS) is 29.4. The molecule has 0 unspecified atom stereocenters. The molecule has 1 N–H and O–H groups in total. The van der Waals surface area contributed by atoms with Gasteiger partial charge in [-0.3, -0.25) is 14.5 Å². The van der Waals surface area contributed by atoms with Gasteiger partial charge in [0.05, 0.1) is 12.0 Å². The van der Waals surface area contributed by atoms with Crippen LogP contribution in [0.1, 0.15) is 19.3 Å². The van der Waals surface area contributed by atoms with Crippen molar-refractivity contribution in [1.82, 2.24) is 9.80 Å². The lowest BCUT2D eigenvalue weighted by Crippen LogP contribution is -2.43. The molecule has 1 aliphatic carbocycles. The molecular formula is C13H19F3N2O3. The zero-order valence-corrected chi connectivity index (χ0v) is 11.8. The fourth-order valence-corrected chi connectivity index (χ4v) is 3.53. The molecule has 0 radical (unpaired) electrons. The van der Waals surface area contributed by atoms with Crippen LogP contribution in [0.3, 0.4) is 0 Å². The van der Waals surface area contributed by atoms with Crippen LogP contribution in [0.25, 0.3) is 0 Å². The molecule has 120 valence electrons. The third-order valence-corrected chi connectivity index (χ3v) is 4.57. The number of amides is 1. The zero-order valence-electron chi connectivity index (χ0n) is 11.8. The minimum Gasteiger partial charge on any atom is -0.481 e. The summed E-state index contributed by atoms with van der Waals surface area (Å²) in [6.45, 7) is -0.720. The molecule has 2 aliphatic rings. The van der Waals surface area contributed by atoms with Gasteiger partial charge in [0.25, 0.3) is 0 Å². The first-order chi connectivity index (χ1) is 9.64. The van der Waals surface area contributed by atoms with Crippen LogP contribution in [0.2, 0.25) is 0 Å². The smallest absolute Gasteiger partial charge is 0.406 e. The first-order valence-corrected chi connectivity index (χ1v) is 6.90. The van der Waals surface area contributed by atoms with Crippen LogP contribution in [-0.4, -0.2) is 66.2 Å². The second-order valence-electron chi connectivity index (χ2n) is 6.09. The van der Waals surface area contributed by atoms with Gasteiger partial charge in [-0.05, 0) is 18.8 Å². The highest BCUT2D eigenvalue weighted by Gasteiger charge is 2.54. The molecule has 2 rings (SSSR count). The number of carbonyl (C=O) groups excluding carboxylic acids is 1. The molecule has 8 heteroatoms. The Hall–Kier alpha value is -1.31. The molecule has 0 bridgehead atoms. The van der Waals surface area contributed by atoms with Crippen molar-refractivity contribution in [1.29, 1.82) is 0 Å². The molecule has 2 fully saturated rings. The molecule has 1 heterocycles. The largest absolute Gasteiger partial charge is 0.481 e. The van der Waals surface area contributed by atoms with E-state index < -0.39 is 30.0 Å². The van der Waals surface area contributed by atoms with E-state index in [1.54, 1.807) is 4.90 Å². The van der Waals surface area contributed by atoms with Crippen molar-refractivity contribution in [3.05, 3.63) is 0 Å². The number of fused-ring (bicyclic) bond motifs is 1. The Morgan fingerprint density at radius 2 is 2.10 bits per heavy atom. The van der Waals surface area contributed by atoms with Gasteiger partial charge in [-0.25, -0.2) is 0 Å². The first kappa shape index (κ1) is 16.1. The van der Waals surface area contributed by atoms with Crippen molar-refractivity contribution in [3.63, 3.8) is 0 Å². The predicted molar refractivity (Wildman–Crippen MR) is 67.5 cm³/mol. The van der Waals surface area contributed by atoms with Crippen LogP contribution in [0.5, 0.6) is 0 Å². The van der Waals surface area contributed by atoms with Gasteiger partial charge in [0.15, 0.2) is 0 Å². The third kappa shape index (κ3) is 3.30. The van der Waals surface area contributed by atoms with Crippen molar-refractivity contribution in [2.45, 2.75) is 25.4 Å². The number of carboxylic acids is 1. The van der Waals surface area contributed by atoms with Crippen LogP contribution < -0.4 is 0 Å². The monoisotopic (exact) mass is 308 g/mol. The lowest BCUT2D eigenvalue weighted by atomic mass is 9.81. The zero-order chi connectivity index (χ0) is 15.8. The quantitative estimate of drug-likeness (QED) is 0.847. The summed E-state index contributed by atoms with van der Waals surface area (Å²) >= 11 is 0. The average molecular weight is 308 g/mol. The van der Waals surface area contributed by atoms with Crippen molar-refractivity contribution in [2.24, 2.45) is 11.3 Å². The number of likely N-dealkylation sites (tertiary alicyclic amines) is 1. The number of halogens is 3. The Bertz CT molecular complexity index is 441. The third-order valence-electron chi connectivity index (χ3n) is 4.57. The molecule has 21 heavy (non-hydrogen) atoms. The van der Waals surface area contributed by atoms with Gasteiger partial charge in [0.1, 0.15) is 6.54 Å². The molecular weight excluding hydrogens is 289 g/mol. The fraction of sp³-hybridized carbons (Fsp3) is 0.846. The predicted octanol–water partition coefficient (Wildman–Crippen LogP) is 1.19. The van der Waals surface area contributed by atoms with E-state index in [4.69, 9.17) is 0 Å². The molecule has 1 amide bonds. The standard InChI is InChI=1S/C13H19F3N2O3/c1-17(8-13(14,15)16)10(19)6-18-5-9-3-2-4-12(9,7-18)11(20)21/h9H,2-8H2,1H3,(H,20,21)/t9-,12+/m0/s1. The second kappa shape index (κ2) is 5.47. The number of hydrogen-bond donors (Lipinski definition) is 1.